The van der Waals surface area contributed by atoms with Gasteiger partial charge in [0.25, 0.3) is 0 Å². The van der Waals surface area contributed by atoms with Gasteiger partial charge in [-0.3, -0.25) is 9.69 Å². The number of aliphatic hydroxyl groups excluding tert-OH is 3. The molecule has 0 aromatic heterocycles. The number of fused-ring (bicyclic) bond motifs is 2. The standard InChI is InChI=1S/C39H69NO12/c1-14-27(41)39(12,45)34-22(6)30-20(4)18-38(11,52-30)33(51-36-29(42)26(17-21(5)47-36)40(15-2)16-3)23(7)31(24(8)35(44)50-34)49-28-19-37(10,46-13)32(43)25(9)48-28/h21-29,31-34,36,41-43,45H,14-19H2,1-13H3/t21?,22-,23-,24+,25?,26?,27+,28-,29?,31-,32-,33+,34+,36-,37?,38-,39+/m0/s1. The quantitative estimate of drug-likeness (QED) is 0.227. The van der Waals surface area contributed by atoms with Gasteiger partial charge in [0.2, 0.25) is 0 Å². The lowest BCUT2D eigenvalue weighted by Gasteiger charge is -2.49. The maximum Gasteiger partial charge on any atom is 0.311 e. The lowest BCUT2D eigenvalue weighted by atomic mass is 9.78. The van der Waals surface area contributed by atoms with Crippen molar-refractivity contribution in [2.75, 3.05) is 20.2 Å². The average Bonchev–Trinajstić information content (AvgIpc) is 3.41. The zero-order valence-electron chi connectivity index (χ0n) is 33.8. The first-order valence-electron chi connectivity index (χ1n) is 19.5. The van der Waals surface area contributed by atoms with Gasteiger partial charge in [-0.1, -0.05) is 34.6 Å². The Labute approximate surface area is 311 Å². The number of rotatable bonds is 11. The van der Waals surface area contributed by atoms with Crippen LogP contribution in [0.15, 0.2) is 11.3 Å². The van der Waals surface area contributed by atoms with Gasteiger partial charge in [0.1, 0.15) is 41.4 Å². The fraction of sp³-hybridized carbons (Fsp3) is 0.923. The van der Waals surface area contributed by atoms with Crippen molar-refractivity contribution >= 4 is 5.97 Å². The summed E-state index contributed by atoms with van der Waals surface area (Å²) in [5.74, 6) is -2.25. The van der Waals surface area contributed by atoms with Crippen molar-refractivity contribution in [3.63, 3.8) is 0 Å². The molecule has 0 aliphatic carbocycles. The molecule has 4 N–H and O–H groups in total. The molecule has 13 nitrogen and oxygen atoms in total. The van der Waals surface area contributed by atoms with Crippen LogP contribution in [0.5, 0.6) is 0 Å². The van der Waals surface area contributed by atoms with Crippen LogP contribution in [-0.2, 0) is 38.0 Å². The SMILES string of the molecule is CC[C@@H](O)[C@@](C)(O)[C@@H]1OC(=O)[C@H](C)[C@@H](O[C@H]2CC(C)(OC)[C@@H](O)C(C)O2)[C@H](C)[C@@H](O[C@@H]2OC(C)CC(N(CC)CC)C2O)[C@]2(C)CC(C)=C(O2)[C@@H]1C. The van der Waals surface area contributed by atoms with Crippen LogP contribution in [0.2, 0.25) is 0 Å². The zero-order chi connectivity index (χ0) is 39.1. The number of carbonyl (C=O) groups excluding carboxylic acids is 1. The predicted molar refractivity (Wildman–Crippen MR) is 193 cm³/mol. The van der Waals surface area contributed by atoms with Crippen molar-refractivity contribution in [1.82, 2.24) is 4.90 Å². The summed E-state index contributed by atoms with van der Waals surface area (Å²) in [6.45, 7) is 23.7. The third-order valence-corrected chi connectivity index (χ3v) is 12.5. The van der Waals surface area contributed by atoms with Gasteiger partial charge in [0.15, 0.2) is 12.6 Å². The van der Waals surface area contributed by atoms with Crippen LogP contribution >= 0.6 is 0 Å². The number of cyclic esters (lactones) is 1. The number of hydrogen-bond donors (Lipinski definition) is 4. The van der Waals surface area contributed by atoms with Gasteiger partial charge >= 0.3 is 5.97 Å². The molecule has 13 heteroatoms. The summed E-state index contributed by atoms with van der Waals surface area (Å²) in [6, 6.07) is -0.196. The molecule has 0 aromatic carbocycles. The van der Waals surface area contributed by atoms with Gasteiger partial charge in [-0.25, -0.2) is 0 Å². The van der Waals surface area contributed by atoms with Crippen LogP contribution in [0, 0.1) is 17.8 Å². The molecule has 17 atom stereocenters. The van der Waals surface area contributed by atoms with Crippen LogP contribution in [-0.4, -0.2) is 136 Å². The Bertz CT molecular complexity index is 1240. The Morgan fingerprint density at radius 1 is 1.02 bits per heavy atom. The maximum atomic E-state index is 14.3. The highest BCUT2D eigenvalue weighted by molar-refractivity contribution is 5.73. The summed E-state index contributed by atoms with van der Waals surface area (Å²) in [4.78, 5) is 16.5. The molecule has 0 aromatic rings. The van der Waals surface area contributed by atoms with Crippen LogP contribution < -0.4 is 0 Å². The first kappa shape index (κ1) is 43.3. The van der Waals surface area contributed by atoms with E-state index in [4.69, 9.17) is 33.2 Å². The van der Waals surface area contributed by atoms with Crippen LogP contribution in [0.1, 0.15) is 109 Å². The van der Waals surface area contributed by atoms with Gasteiger partial charge in [0.05, 0.1) is 41.9 Å². The Balaban J connectivity index is 1.83. The molecule has 3 saturated heterocycles. The molecule has 4 aliphatic rings. The minimum atomic E-state index is -1.82. The number of likely N-dealkylation sites (N-methyl/N-ethyl adjacent to an activating group) is 1. The normalized spacial score (nSPS) is 45.2. The second kappa shape index (κ2) is 16.8. The molecule has 0 spiro atoms. The third kappa shape index (κ3) is 8.39. The van der Waals surface area contributed by atoms with Gasteiger partial charge in [-0.05, 0) is 80.0 Å². The van der Waals surface area contributed by atoms with Gasteiger partial charge in [0, 0.05) is 31.9 Å². The van der Waals surface area contributed by atoms with Gasteiger partial charge in [-0.15, -0.1) is 0 Å². The Morgan fingerprint density at radius 3 is 2.23 bits per heavy atom. The number of hydrogen-bond acceptors (Lipinski definition) is 13. The monoisotopic (exact) mass is 743 g/mol. The highest BCUT2D eigenvalue weighted by Gasteiger charge is 2.57. The maximum absolute atomic E-state index is 14.3. The fourth-order valence-corrected chi connectivity index (χ4v) is 9.27. The number of nitrogens with zero attached hydrogens (tertiary/aromatic N) is 1. The van der Waals surface area contributed by atoms with Crippen LogP contribution in [0.25, 0.3) is 0 Å². The van der Waals surface area contributed by atoms with Gasteiger partial charge in [-0.2, -0.15) is 0 Å². The fourth-order valence-electron chi connectivity index (χ4n) is 9.27. The van der Waals surface area contributed by atoms with E-state index in [1.807, 2.05) is 34.6 Å². The molecule has 3 fully saturated rings. The summed E-state index contributed by atoms with van der Waals surface area (Å²) < 4.78 is 45.2. The molecule has 0 saturated carbocycles. The second-order valence-electron chi connectivity index (χ2n) is 16.6. The summed E-state index contributed by atoms with van der Waals surface area (Å²) >= 11 is 0. The van der Waals surface area contributed by atoms with Crippen molar-refractivity contribution in [1.29, 1.82) is 0 Å². The Hall–Kier alpha value is -1.39. The lowest BCUT2D eigenvalue weighted by molar-refractivity contribution is -0.317. The molecule has 4 rings (SSSR count). The van der Waals surface area contributed by atoms with E-state index in [9.17, 15) is 25.2 Å². The topological polar surface area (TPSA) is 166 Å². The first-order chi connectivity index (χ1) is 24.2. The molecule has 2 bridgehead atoms. The van der Waals surface area contributed by atoms with E-state index in [2.05, 4.69) is 18.7 Å². The third-order valence-electron chi connectivity index (χ3n) is 12.5. The van der Waals surface area contributed by atoms with E-state index in [1.54, 1.807) is 27.7 Å². The summed E-state index contributed by atoms with van der Waals surface area (Å²) in [5.41, 5.74) is -2.95. The van der Waals surface area contributed by atoms with Crippen LogP contribution in [0.3, 0.4) is 0 Å². The van der Waals surface area contributed by atoms with Crippen molar-refractivity contribution in [2.45, 2.75) is 193 Å². The zero-order valence-corrected chi connectivity index (χ0v) is 33.8. The molecule has 302 valence electrons. The Morgan fingerprint density at radius 2 is 1.65 bits per heavy atom. The number of esters is 1. The summed E-state index contributed by atoms with van der Waals surface area (Å²) in [5, 5.41) is 45.5. The number of ether oxygens (including phenoxy) is 7. The van der Waals surface area contributed by atoms with Crippen LogP contribution in [0.4, 0.5) is 0 Å². The van der Waals surface area contributed by atoms with Crippen molar-refractivity contribution < 1.29 is 58.4 Å². The van der Waals surface area contributed by atoms with E-state index >= 15 is 0 Å². The smallest absolute Gasteiger partial charge is 0.311 e. The number of methoxy groups -OCH3 is 1. The highest BCUT2D eigenvalue weighted by atomic mass is 16.7. The first-order valence-corrected chi connectivity index (χ1v) is 19.5. The van der Waals surface area contributed by atoms with E-state index in [1.165, 1.54) is 14.0 Å². The molecule has 0 radical (unpaired) electrons. The molecular weight excluding hydrogens is 674 g/mol. The van der Waals surface area contributed by atoms with Crippen molar-refractivity contribution in [2.24, 2.45) is 17.8 Å². The van der Waals surface area contributed by atoms with Gasteiger partial charge < -0.3 is 53.6 Å². The number of aliphatic hydroxyl groups is 4. The van der Waals surface area contributed by atoms with Crippen molar-refractivity contribution in [3.05, 3.63) is 11.3 Å². The minimum absolute atomic E-state index is 0.175. The molecule has 4 aliphatic heterocycles. The second-order valence-corrected chi connectivity index (χ2v) is 16.6. The predicted octanol–water partition coefficient (Wildman–Crippen LogP) is 3.67. The van der Waals surface area contributed by atoms with E-state index in [-0.39, 0.29) is 25.0 Å². The molecule has 4 heterocycles. The summed E-state index contributed by atoms with van der Waals surface area (Å²) in [7, 11) is 1.53. The lowest BCUT2D eigenvalue weighted by Crippen LogP contribution is -2.60. The average molecular weight is 744 g/mol. The van der Waals surface area contributed by atoms with E-state index in [0.717, 1.165) is 18.7 Å². The highest BCUT2D eigenvalue weighted by Crippen LogP contribution is 2.48. The molecule has 0 amide bonds. The molecular formula is C39H69NO12. The molecule has 5 unspecified atom stereocenters. The van der Waals surface area contributed by atoms with E-state index in [0.29, 0.717) is 18.6 Å². The number of carbonyl (C=O) groups is 1. The van der Waals surface area contributed by atoms with E-state index < -0.39 is 95.8 Å². The largest absolute Gasteiger partial charge is 0.488 e. The Kier molecular flexibility index (Phi) is 14.0. The summed E-state index contributed by atoms with van der Waals surface area (Å²) in [6.07, 6.45) is -7.21. The van der Waals surface area contributed by atoms with Crippen molar-refractivity contribution in [3.8, 4) is 0 Å². The minimum Gasteiger partial charge on any atom is -0.488 e. The molecule has 52 heavy (non-hydrogen) atoms.